The predicted molar refractivity (Wildman–Crippen MR) is 77.0 cm³/mol. The molecule has 1 aromatic rings. The molecule has 0 aromatic heterocycles. The second kappa shape index (κ2) is 5.99. The second-order valence-electron chi connectivity index (χ2n) is 4.82. The van der Waals surface area contributed by atoms with E-state index in [0.717, 1.165) is 16.4 Å². The predicted octanol–water partition coefficient (Wildman–Crippen LogP) is 1.26. The zero-order valence-electron chi connectivity index (χ0n) is 10.9. The van der Waals surface area contributed by atoms with E-state index in [2.05, 4.69) is 15.9 Å². The van der Waals surface area contributed by atoms with Gasteiger partial charge in [-0.2, -0.15) is 4.31 Å². The maximum atomic E-state index is 14.2. The maximum Gasteiger partial charge on any atom is 0.338 e. The van der Waals surface area contributed by atoms with Gasteiger partial charge in [0.05, 0.1) is 5.56 Å². The number of sulfonamides is 1. The maximum absolute atomic E-state index is 14.2. The lowest BCUT2D eigenvalue weighted by Crippen LogP contribution is -2.31. The number of hydrogen-bond donors (Lipinski definition) is 2. The van der Waals surface area contributed by atoms with E-state index < -0.39 is 32.3 Å². The Bertz CT molecular complexity index is 680. The van der Waals surface area contributed by atoms with E-state index >= 15 is 0 Å². The van der Waals surface area contributed by atoms with Gasteiger partial charge in [0.25, 0.3) is 0 Å². The molecule has 3 N–H and O–H groups in total. The van der Waals surface area contributed by atoms with Gasteiger partial charge in [0.2, 0.25) is 10.0 Å². The monoisotopic (exact) mass is 380 g/mol. The van der Waals surface area contributed by atoms with Crippen LogP contribution in [0.1, 0.15) is 16.8 Å². The van der Waals surface area contributed by atoms with Crippen LogP contribution < -0.4 is 5.73 Å². The summed E-state index contributed by atoms with van der Waals surface area (Å²) < 4.78 is 40.5. The Morgan fingerprint density at radius 3 is 2.71 bits per heavy atom. The van der Waals surface area contributed by atoms with Crippen molar-refractivity contribution in [3.05, 3.63) is 28.0 Å². The van der Waals surface area contributed by atoms with Gasteiger partial charge in [-0.05, 0) is 31.0 Å². The third-order valence-corrected chi connectivity index (χ3v) is 5.76. The van der Waals surface area contributed by atoms with E-state index in [1.807, 2.05) is 0 Å². The van der Waals surface area contributed by atoms with Crippen LogP contribution in [0.4, 0.5) is 4.39 Å². The minimum atomic E-state index is -4.08. The van der Waals surface area contributed by atoms with Gasteiger partial charge in [-0.1, -0.05) is 15.9 Å². The van der Waals surface area contributed by atoms with Gasteiger partial charge in [-0.25, -0.2) is 17.6 Å². The average molecular weight is 381 g/mol. The fourth-order valence-electron chi connectivity index (χ4n) is 2.25. The lowest BCUT2D eigenvalue weighted by Gasteiger charge is -2.17. The van der Waals surface area contributed by atoms with Crippen LogP contribution in [-0.4, -0.2) is 43.4 Å². The van der Waals surface area contributed by atoms with Gasteiger partial charge >= 0.3 is 5.97 Å². The molecule has 6 nitrogen and oxygen atoms in total. The Morgan fingerprint density at radius 2 is 2.19 bits per heavy atom. The summed E-state index contributed by atoms with van der Waals surface area (Å²) in [6.07, 6.45) is 0.608. The van der Waals surface area contributed by atoms with Crippen molar-refractivity contribution in [2.24, 2.45) is 11.7 Å². The van der Waals surface area contributed by atoms with Crippen LogP contribution in [0, 0.1) is 11.7 Å². The first kappa shape index (κ1) is 16.3. The largest absolute Gasteiger partial charge is 0.478 e. The van der Waals surface area contributed by atoms with Crippen molar-refractivity contribution in [2.75, 3.05) is 19.6 Å². The summed E-state index contributed by atoms with van der Waals surface area (Å²) in [6, 6.07) is 2.11. The molecule has 1 unspecified atom stereocenters. The minimum absolute atomic E-state index is 0.0360. The molecule has 1 saturated heterocycles. The van der Waals surface area contributed by atoms with Crippen molar-refractivity contribution >= 4 is 31.9 Å². The van der Waals surface area contributed by atoms with Gasteiger partial charge in [-0.3, -0.25) is 0 Å². The first-order valence-corrected chi connectivity index (χ1v) is 8.43. The molecule has 0 spiro atoms. The van der Waals surface area contributed by atoms with Crippen molar-refractivity contribution < 1.29 is 22.7 Å². The number of aromatic carboxylic acids is 1. The molecule has 0 radical (unpaired) electrons. The fraction of sp³-hybridized carbons (Fsp3) is 0.417. The highest BCUT2D eigenvalue weighted by Crippen LogP contribution is 2.29. The van der Waals surface area contributed by atoms with Crippen LogP contribution in [-0.2, 0) is 10.0 Å². The molecular weight excluding hydrogens is 367 g/mol. The highest BCUT2D eigenvalue weighted by atomic mass is 79.9. The molecule has 1 heterocycles. The number of rotatable bonds is 4. The summed E-state index contributed by atoms with van der Waals surface area (Å²) in [7, 11) is -4.08. The number of hydrogen-bond acceptors (Lipinski definition) is 4. The van der Waals surface area contributed by atoms with E-state index in [1.54, 1.807) is 0 Å². The Labute approximate surface area is 129 Å². The van der Waals surface area contributed by atoms with Crippen LogP contribution in [0.2, 0.25) is 0 Å². The molecule has 21 heavy (non-hydrogen) atoms. The number of carboxylic acids is 1. The summed E-state index contributed by atoms with van der Waals surface area (Å²) in [4.78, 5) is 10.4. The van der Waals surface area contributed by atoms with Gasteiger partial charge in [-0.15, -0.1) is 0 Å². The first-order valence-electron chi connectivity index (χ1n) is 6.20. The van der Waals surface area contributed by atoms with E-state index in [1.165, 1.54) is 0 Å². The number of carbonyl (C=O) groups is 1. The van der Waals surface area contributed by atoms with Crippen molar-refractivity contribution in [1.82, 2.24) is 4.31 Å². The Balaban J connectivity index is 2.48. The summed E-state index contributed by atoms with van der Waals surface area (Å²) in [5.74, 6) is -2.73. The number of benzene rings is 1. The van der Waals surface area contributed by atoms with E-state index in [4.69, 9.17) is 10.8 Å². The zero-order chi connectivity index (χ0) is 15.8. The van der Waals surface area contributed by atoms with Crippen molar-refractivity contribution in [3.63, 3.8) is 0 Å². The average Bonchev–Trinajstić information content (AvgIpc) is 2.90. The lowest BCUT2D eigenvalue weighted by molar-refractivity contribution is 0.0691. The molecule has 1 aromatic carbocycles. The lowest BCUT2D eigenvalue weighted by atomic mass is 10.1. The topological polar surface area (TPSA) is 101 Å². The van der Waals surface area contributed by atoms with Gasteiger partial charge in [0.15, 0.2) is 5.82 Å². The molecule has 1 aliphatic rings. The van der Waals surface area contributed by atoms with Gasteiger partial charge in [0.1, 0.15) is 4.90 Å². The number of halogens is 2. The first-order chi connectivity index (χ1) is 9.77. The molecule has 0 amide bonds. The molecule has 9 heteroatoms. The highest BCUT2D eigenvalue weighted by molar-refractivity contribution is 9.10. The van der Waals surface area contributed by atoms with Gasteiger partial charge in [0, 0.05) is 17.6 Å². The van der Waals surface area contributed by atoms with Crippen LogP contribution >= 0.6 is 15.9 Å². The molecule has 0 bridgehead atoms. The van der Waals surface area contributed by atoms with Crippen molar-refractivity contribution in [3.8, 4) is 0 Å². The second-order valence-corrected chi connectivity index (χ2v) is 7.65. The minimum Gasteiger partial charge on any atom is -0.478 e. The summed E-state index contributed by atoms with van der Waals surface area (Å²) in [5, 5.41) is 8.94. The van der Waals surface area contributed by atoms with E-state index in [0.29, 0.717) is 13.0 Å². The quantitative estimate of drug-likeness (QED) is 0.818. The SMILES string of the molecule is NCC1CCN(S(=O)(=O)c2cc(Br)cc(C(=O)O)c2F)C1. The molecule has 1 aliphatic heterocycles. The third-order valence-electron chi connectivity index (χ3n) is 3.43. The van der Waals surface area contributed by atoms with Crippen LogP contribution in [0.25, 0.3) is 0 Å². The molecule has 2 rings (SSSR count). The van der Waals surface area contributed by atoms with Crippen molar-refractivity contribution in [2.45, 2.75) is 11.3 Å². The van der Waals surface area contributed by atoms with Crippen LogP contribution in [0.5, 0.6) is 0 Å². The summed E-state index contributed by atoms with van der Waals surface area (Å²) >= 11 is 3.01. The molecule has 0 aliphatic carbocycles. The summed E-state index contributed by atoms with van der Waals surface area (Å²) in [6.45, 7) is 0.819. The molecule has 116 valence electrons. The normalized spacial score (nSPS) is 19.9. The Kier molecular flexibility index (Phi) is 4.66. The summed E-state index contributed by atoms with van der Waals surface area (Å²) in [5.41, 5.74) is 4.83. The third kappa shape index (κ3) is 3.10. The highest BCUT2D eigenvalue weighted by Gasteiger charge is 2.35. The van der Waals surface area contributed by atoms with E-state index in [-0.39, 0.29) is 23.5 Å². The fourth-order valence-corrected chi connectivity index (χ4v) is 4.51. The number of nitrogens with zero attached hydrogens (tertiary/aromatic N) is 1. The number of carboxylic acid groups (broad SMARTS) is 1. The number of nitrogens with two attached hydrogens (primary N) is 1. The molecule has 0 saturated carbocycles. The van der Waals surface area contributed by atoms with Crippen molar-refractivity contribution in [1.29, 1.82) is 0 Å². The Morgan fingerprint density at radius 1 is 1.52 bits per heavy atom. The smallest absolute Gasteiger partial charge is 0.338 e. The van der Waals surface area contributed by atoms with Gasteiger partial charge < -0.3 is 10.8 Å². The van der Waals surface area contributed by atoms with Crippen LogP contribution in [0.3, 0.4) is 0 Å². The molecular formula is C12H14BrFN2O4S. The Hall–Kier alpha value is -1.03. The zero-order valence-corrected chi connectivity index (χ0v) is 13.3. The standard InChI is InChI=1S/C12H14BrFN2O4S/c13-8-3-9(12(17)18)11(14)10(4-8)21(19,20)16-2-1-7(5-15)6-16/h3-4,7H,1-2,5-6,15H2,(H,17,18). The molecule has 1 atom stereocenters. The van der Waals surface area contributed by atoms with E-state index in [9.17, 15) is 17.6 Å². The molecule has 1 fully saturated rings. The van der Waals surface area contributed by atoms with Crippen LogP contribution in [0.15, 0.2) is 21.5 Å².